The molecule has 76 valence electrons. The van der Waals surface area contributed by atoms with Crippen molar-refractivity contribution in [2.24, 2.45) is 5.73 Å². The van der Waals surface area contributed by atoms with E-state index in [4.69, 9.17) is 33.7 Å². The van der Waals surface area contributed by atoms with Gasteiger partial charge in [0.1, 0.15) is 5.75 Å². The minimum atomic E-state index is -0.443. The fourth-order valence-corrected chi connectivity index (χ4v) is 1.43. The molecule has 0 aromatic heterocycles. The number of benzene rings is 1. The molecule has 0 atom stereocenters. The first-order valence-electron chi connectivity index (χ1n) is 3.84. The number of primary amides is 1. The largest absolute Gasteiger partial charge is 0.496 e. The maximum Gasteiger partial charge on any atom is 0.221 e. The molecule has 0 fully saturated rings. The maximum atomic E-state index is 10.7. The predicted octanol–water partition coefficient (Wildman–Crippen LogP) is 2.03. The van der Waals surface area contributed by atoms with Crippen LogP contribution in [0.5, 0.6) is 5.75 Å². The topological polar surface area (TPSA) is 52.3 Å². The van der Waals surface area contributed by atoms with Gasteiger partial charge in [-0.1, -0.05) is 23.2 Å². The lowest BCUT2D eigenvalue weighted by molar-refractivity contribution is -0.117. The van der Waals surface area contributed by atoms with Crippen molar-refractivity contribution in [3.63, 3.8) is 0 Å². The van der Waals surface area contributed by atoms with Crippen LogP contribution < -0.4 is 10.5 Å². The van der Waals surface area contributed by atoms with Crippen LogP contribution in [0.3, 0.4) is 0 Å². The van der Waals surface area contributed by atoms with Gasteiger partial charge in [0.05, 0.1) is 23.6 Å². The second kappa shape index (κ2) is 4.53. The smallest absolute Gasteiger partial charge is 0.221 e. The summed E-state index contributed by atoms with van der Waals surface area (Å²) in [5.74, 6) is 0.0693. The Balaban J connectivity index is 3.13. The van der Waals surface area contributed by atoms with E-state index in [2.05, 4.69) is 0 Å². The molecule has 1 amide bonds. The molecule has 2 N–H and O–H groups in total. The van der Waals surface area contributed by atoms with Crippen LogP contribution in [0.4, 0.5) is 0 Å². The highest BCUT2D eigenvalue weighted by Crippen LogP contribution is 2.30. The molecule has 0 radical (unpaired) electrons. The summed E-state index contributed by atoms with van der Waals surface area (Å²) >= 11 is 11.6. The van der Waals surface area contributed by atoms with Gasteiger partial charge in [-0.2, -0.15) is 0 Å². The van der Waals surface area contributed by atoms with E-state index in [0.717, 1.165) is 0 Å². The van der Waals surface area contributed by atoms with Gasteiger partial charge in [-0.15, -0.1) is 0 Å². The summed E-state index contributed by atoms with van der Waals surface area (Å²) in [5.41, 5.74) is 5.70. The first-order valence-corrected chi connectivity index (χ1v) is 4.60. The molecule has 14 heavy (non-hydrogen) atoms. The highest BCUT2D eigenvalue weighted by molar-refractivity contribution is 6.42. The molecule has 3 nitrogen and oxygen atoms in total. The van der Waals surface area contributed by atoms with Crippen molar-refractivity contribution in [1.29, 1.82) is 0 Å². The number of hydrogen-bond donors (Lipinski definition) is 1. The standard InChI is InChI=1S/C9H9Cl2NO2/c1-14-8-4-7(11)6(10)2-5(8)3-9(12)13/h2,4H,3H2,1H3,(H2,12,13). The third kappa shape index (κ3) is 2.53. The van der Waals surface area contributed by atoms with Crippen LogP contribution in [0.15, 0.2) is 12.1 Å². The molecule has 1 aromatic rings. The van der Waals surface area contributed by atoms with Crippen LogP contribution >= 0.6 is 23.2 Å². The number of hydrogen-bond acceptors (Lipinski definition) is 2. The molecule has 0 heterocycles. The molecular formula is C9H9Cl2NO2. The predicted molar refractivity (Wildman–Crippen MR) is 55.9 cm³/mol. The van der Waals surface area contributed by atoms with Crippen LogP contribution in [-0.2, 0) is 11.2 Å². The molecule has 0 unspecified atom stereocenters. The lowest BCUT2D eigenvalue weighted by Gasteiger charge is -2.08. The summed E-state index contributed by atoms with van der Waals surface area (Å²) in [5, 5.41) is 0.764. The first-order chi connectivity index (χ1) is 6.54. The molecule has 0 aliphatic carbocycles. The summed E-state index contributed by atoms with van der Waals surface area (Å²) in [6.07, 6.45) is 0.0834. The Morgan fingerprint density at radius 2 is 2.00 bits per heavy atom. The number of methoxy groups -OCH3 is 1. The van der Waals surface area contributed by atoms with Gasteiger partial charge in [0.2, 0.25) is 5.91 Å². The van der Waals surface area contributed by atoms with Crippen molar-refractivity contribution in [2.45, 2.75) is 6.42 Å². The van der Waals surface area contributed by atoms with E-state index in [1.165, 1.54) is 7.11 Å². The lowest BCUT2D eigenvalue weighted by atomic mass is 10.1. The molecular weight excluding hydrogens is 225 g/mol. The highest BCUT2D eigenvalue weighted by atomic mass is 35.5. The van der Waals surface area contributed by atoms with Crippen molar-refractivity contribution in [3.05, 3.63) is 27.7 Å². The minimum absolute atomic E-state index is 0.0834. The van der Waals surface area contributed by atoms with Gasteiger partial charge in [0.25, 0.3) is 0 Å². The monoisotopic (exact) mass is 233 g/mol. The van der Waals surface area contributed by atoms with Crippen LogP contribution in [0.25, 0.3) is 0 Å². The van der Waals surface area contributed by atoms with E-state index in [-0.39, 0.29) is 6.42 Å². The highest BCUT2D eigenvalue weighted by Gasteiger charge is 2.09. The van der Waals surface area contributed by atoms with Crippen molar-refractivity contribution in [3.8, 4) is 5.75 Å². The summed E-state index contributed by atoms with van der Waals surface area (Å²) in [6, 6.07) is 3.13. The average Bonchev–Trinajstić information content (AvgIpc) is 2.10. The molecule has 5 heteroatoms. The minimum Gasteiger partial charge on any atom is -0.496 e. The Kier molecular flexibility index (Phi) is 3.61. The second-order valence-corrected chi connectivity index (χ2v) is 3.54. The molecule has 0 saturated heterocycles. The van der Waals surface area contributed by atoms with E-state index >= 15 is 0 Å². The van der Waals surface area contributed by atoms with Gasteiger partial charge in [-0.25, -0.2) is 0 Å². The Hall–Kier alpha value is -0.930. The maximum absolute atomic E-state index is 10.7. The fraction of sp³-hybridized carbons (Fsp3) is 0.222. The normalized spacial score (nSPS) is 9.93. The Bertz CT molecular complexity index is 366. The molecule has 0 saturated carbocycles. The molecule has 0 bridgehead atoms. The summed E-state index contributed by atoms with van der Waals surface area (Å²) in [7, 11) is 1.49. The summed E-state index contributed by atoms with van der Waals surface area (Å²) in [6.45, 7) is 0. The molecule has 1 rings (SSSR count). The SMILES string of the molecule is COc1cc(Cl)c(Cl)cc1CC(N)=O. The van der Waals surface area contributed by atoms with Crippen molar-refractivity contribution in [1.82, 2.24) is 0 Å². The van der Waals surface area contributed by atoms with Gasteiger partial charge in [0, 0.05) is 11.6 Å². The van der Waals surface area contributed by atoms with Gasteiger partial charge < -0.3 is 10.5 Å². The number of nitrogens with two attached hydrogens (primary N) is 1. The first kappa shape index (κ1) is 11.1. The zero-order chi connectivity index (χ0) is 10.7. The lowest BCUT2D eigenvalue weighted by Crippen LogP contribution is -2.14. The van der Waals surface area contributed by atoms with Crippen molar-refractivity contribution in [2.75, 3.05) is 7.11 Å². The Morgan fingerprint density at radius 1 is 1.43 bits per heavy atom. The number of carbonyl (C=O) groups excluding carboxylic acids is 1. The van der Waals surface area contributed by atoms with Crippen LogP contribution in [-0.4, -0.2) is 13.0 Å². The molecule has 0 aliphatic heterocycles. The fourth-order valence-electron chi connectivity index (χ4n) is 1.09. The number of carbonyl (C=O) groups is 1. The van der Waals surface area contributed by atoms with Crippen LogP contribution in [0.1, 0.15) is 5.56 Å². The quantitative estimate of drug-likeness (QED) is 0.869. The van der Waals surface area contributed by atoms with Crippen LogP contribution in [0.2, 0.25) is 10.0 Å². The molecule has 1 aromatic carbocycles. The van der Waals surface area contributed by atoms with E-state index < -0.39 is 5.91 Å². The number of amides is 1. The Labute approximate surface area is 91.7 Å². The van der Waals surface area contributed by atoms with Gasteiger partial charge >= 0.3 is 0 Å². The van der Waals surface area contributed by atoms with Crippen molar-refractivity contribution >= 4 is 29.1 Å². The zero-order valence-electron chi connectivity index (χ0n) is 7.51. The third-order valence-electron chi connectivity index (χ3n) is 1.69. The van der Waals surface area contributed by atoms with Gasteiger partial charge in [-0.3, -0.25) is 4.79 Å². The average molecular weight is 234 g/mol. The van der Waals surface area contributed by atoms with Gasteiger partial charge in [-0.05, 0) is 6.07 Å². The second-order valence-electron chi connectivity index (χ2n) is 2.72. The molecule has 0 aliphatic rings. The summed E-state index contributed by atoms with van der Waals surface area (Å²) in [4.78, 5) is 10.7. The van der Waals surface area contributed by atoms with Crippen molar-refractivity contribution < 1.29 is 9.53 Å². The molecule has 0 spiro atoms. The summed E-state index contributed by atoms with van der Waals surface area (Å²) < 4.78 is 5.03. The zero-order valence-corrected chi connectivity index (χ0v) is 9.02. The van der Waals surface area contributed by atoms with Gasteiger partial charge in [0.15, 0.2) is 0 Å². The van der Waals surface area contributed by atoms with Crippen LogP contribution in [0, 0.1) is 0 Å². The number of rotatable bonds is 3. The van der Waals surface area contributed by atoms with E-state index in [1.807, 2.05) is 0 Å². The van der Waals surface area contributed by atoms with E-state index in [0.29, 0.717) is 21.4 Å². The van der Waals surface area contributed by atoms with E-state index in [1.54, 1.807) is 12.1 Å². The van der Waals surface area contributed by atoms with E-state index in [9.17, 15) is 4.79 Å². The number of ether oxygens (including phenoxy) is 1. The third-order valence-corrected chi connectivity index (χ3v) is 2.41. The number of halogens is 2. The Morgan fingerprint density at radius 3 is 2.50 bits per heavy atom.